The average Bonchev–Trinajstić information content (AvgIpc) is 3.08. The van der Waals surface area contributed by atoms with Crippen LogP contribution in [0.4, 0.5) is 19.1 Å². The Hall–Kier alpha value is -2.84. The lowest BCUT2D eigenvalue weighted by Gasteiger charge is -2.19. The van der Waals surface area contributed by atoms with E-state index in [-0.39, 0.29) is 11.4 Å². The molecule has 9 heteroatoms. The van der Waals surface area contributed by atoms with Crippen LogP contribution in [-0.4, -0.2) is 42.2 Å². The van der Waals surface area contributed by atoms with E-state index >= 15 is 0 Å². The lowest BCUT2D eigenvalue weighted by molar-refractivity contribution is -0.139. The van der Waals surface area contributed by atoms with Crippen LogP contribution in [0, 0.1) is 6.92 Å². The Kier molecular flexibility index (Phi) is 5.20. The van der Waals surface area contributed by atoms with Gasteiger partial charge < -0.3 is 14.4 Å². The number of halogens is 3. The Bertz CT molecular complexity index is 842. The van der Waals surface area contributed by atoms with Crippen molar-refractivity contribution in [2.45, 2.75) is 25.6 Å². The number of para-hydroxylation sites is 1. The SMILES string of the molecule is COC(=O)c1cc(C)nc(N2CCC(Oc3ccccc3C(F)(F)F)C2)n1. The highest BCUT2D eigenvalue weighted by Crippen LogP contribution is 2.37. The van der Waals surface area contributed by atoms with Crippen LogP contribution >= 0.6 is 0 Å². The number of aromatic nitrogens is 2. The number of ether oxygens (including phenoxy) is 2. The molecule has 1 atom stereocenters. The van der Waals surface area contributed by atoms with E-state index in [1.807, 2.05) is 0 Å². The third-order valence-electron chi connectivity index (χ3n) is 4.15. The molecule has 6 nitrogen and oxygen atoms in total. The van der Waals surface area contributed by atoms with E-state index in [4.69, 9.17) is 4.74 Å². The second kappa shape index (κ2) is 7.42. The molecule has 1 saturated heterocycles. The van der Waals surface area contributed by atoms with Crippen LogP contribution in [0.1, 0.15) is 28.2 Å². The topological polar surface area (TPSA) is 64.5 Å². The molecule has 2 aromatic rings. The summed E-state index contributed by atoms with van der Waals surface area (Å²) >= 11 is 0. The molecule has 27 heavy (non-hydrogen) atoms. The van der Waals surface area contributed by atoms with Crippen molar-refractivity contribution in [3.63, 3.8) is 0 Å². The number of rotatable bonds is 4. The fourth-order valence-electron chi connectivity index (χ4n) is 2.89. The van der Waals surface area contributed by atoms with Gasteiger partial charge in [0.1, 0.15) is 11.9 Å². The zero-order valence-corrected chi connectivity index (χ0v) is 14.8. The lowest BCUT2D eigenvalue weighted by atomic mass is 10.2. The predicted octanol–water partition coefficient (Wildman–Crippen LogP) is 3.25. The minimum absolute atomic E-state index is 0.131. The minimum Gasteiger partial charge on any atom is -0.488 e. The molecule has 0 radical (unpaired) electrons. The Balaban J connectivity index is 1.75. The maximum atomic E-state index is 13.1. The highest BCUT2D eigenvalue weighted by molar-refractivity contribution is 5.87. The second-order valence-corrected chi connectivity index (χ2v) is 6.15. The van der Waals surface area contributed by atoms with Crippen molar-refractivity contribution in [1.82, 2.24) is 9.97 Å². The van der Waals surface area contributed by atoms with Crippen molar-refractivity contribution >= 4 is 11.9 Å². The van der Waals surface area contributed by atoms with Crippen molar-refractivity contribution in [2.24, 2.45) is 0 Å². The Morgan fingerprint density at radius 2 is 2.00 bits per heavy atom. The standard InChI is InChI=1S/C18H18F3N3O3/c1-11-9-14(16(25)26-2)23-17(22-11)24-8-7-12(10-24)27-15-6-4-3-5-13(15)18(19,20)21/h3-6,9,12H,7-8,10H2,1-2H3. The molecule has 1 aromatic heterocycles. The van der Waals surface area contributed by atoms with Gasteiger partial charge in [0, 0.05) is 18.7 Å². The van der Waals surface area contributed by atoms with Crippen LogP contribution < -0.4 is 9.64 Å². The zero-order chi connectivity index (χ0) is 19.6. The molecule has 0 amide bonds. The summed E-state index contributed by atoms with van der Waals surface area (Å²) in [5.74, 6) is -0.448. The number of alkyl halides is 3. The van der Waals surface area contributed by atoms with Crippen LogP contribution in [0.3, 0.4) is 0 Å². The first-order valence-electron chi connectivity index (χ1n) is 8.29. The first kappa shape index (κ1) is 18.9. The normalized spacial score (nSPS) is 17.1. The summed E-state index contributed by atoms with van der Waals surface area (Å²) in [4.78, 5) is 22.0. The molecule has 1 aliphatic rings. The molecule has 0 saturated carbocycles. The number of anilines is 1. The Morgan fingerprint density at radius 3 is 2.70 bits per heavy atom. The molecule has 1 aromatic carbocycles. The molecule has 2 heterocycles. The van der Waals surface area contributed by atoms with Crippen molar-refractivity contribution in [3.8, 4) is 5.75 Å². The molecule has 1 aliphatic heterocycles. The van der Waals surface area contributed by atoms with E-state index in [0.29, 0.717) is 31.2 Å². The number of benzene rings is 1. The number of methoxy groups -OCH3 is 1. The van der Waals surface area contributed by atoms with E-state index in [1.165, 1.54) is 31.4 Å². The molecule has 0 bridgehead atoms. The molecular weight excluding hydrogens is 363 g/mol. The first-order chi connectivity index (χ1) is 12.8. The largest absolute Gasteiger partial charge is 0.488 e. The van der Waals surface area contributed by atoms with Gasteiger partial charge in [-0.2, -0.15) is 13.2 Å². The van der Waals surface area contributed by atoms with E-state index in [9.17, 15) is 18.0 Å². The third kappa shape index (κ3) is 4.29. The summed E-state index contributed by atoms with van der Waals surface area (Å²) in [6.45, 7) is 2.54. The van der Waals surface area contributed by atoms with Gasteiger partial charge in [-0.25, -0.2) is 14.8 Å². The molecule has 0 N–H and O–H groups in total. The van der Waals surface area contributed by atoms with Gasteiger partial charge in [0.15, 0.2) is 5.69 Å². The van der Waals surface area contributed by atoms with E-state index in [0.717, 1.165) is 6.07 Å². The number of carbonyl (C=O) groups is 1. The van der Waals surface area contributed by atoms with Crippen LogP contribution in [-0.2, 0) is 10.9 Å². The van der Waals surface area contributed by atoms with Gasteiger partial charge in [0.05, 0.1) is 19.2 Å². The summed E-state index contributed by atoms with van der Waals surface area (Å²) in [7, 11) is 1.26. The number of nitrogens with zero attached hydrogens (tertiary/aromatic N) is 3. The van der Waals surface area contributed by atoms with Gasteiger partial charge in [-0.05, 0) is 25.1 Å². The quantitative estimate of drug-likeness (QED) is 0.758. The first-order valence-corrected chi connectivity index (χ1v) is 8.29. The molecule has 3 rings (SSSR count). The van der Waals surface area contributed by atoms with Crippen LogP contribution in [0.25, 0.3) is 0 Å². The highest BCUT2D eigenvalue weighted by Gasteiger charge is 2.35. The summed E-state index contributed by atoms with van der Waals surface area (Å²) in [5.41, 5.74) is -0.0813. The van der Waals surface area contributed by atoms with E-state index in [1.54, 1.807) is 11.8 Å². The number of esters is 1. The lowest BCUT2D eigenvalue weighted by Crippen LogP contribution is -2.27. The third-order valence-corrected chi connectivity index (χ3v) is 4.15. The van der Waals surface area contributed by atoms with Crippen LogP contribution in [0.2, 0.25) is 0 Å². The van der Waals surface area contributed by atoms with E-state index in [2.05, 4.69) is 14.7 Å². The summed E-state index contributed by atoms with van der Waals surface area (Å²) in [5, 5.41) is 0. The molecule has 0 spiro atoms. The van der Waals surface area contributed by atoms with Crippen molar-refractivity contribution in [1.29, 1.82) is 0 Å². The fourth-order valence-corrected chi connectivity index (χ4v) is 2.89. The van der Waals surface area contributed by atoms with Crippen molar-refractivity contribution < 1.29 is 27.4 Å². The van der Waals surface area contributed by atoms with Crippen molar-refractivity contribution in [2.75, 3.05) is 25.1 Å². The average molecular weight is 381 g/mol. The molecule has 0 aliphatic carbocycles. The van der Waals surface area contributed by atoms with Crippen LogP contribution in [0.15, 0.2) is 30.3 Å². The number of aryl methyl sites for hydroxylation is 1. The summed E-state index contributed by atoms with van der Waals surface area (Å²) < 4.78 is 49.6. The van der Waals surface area contributed by atoms with E-state index < -0.39 is 23.8 Å². The predicted molar refractivity (Wildman–Crippen MR) is 90.8 cm³/mol. The van der Waals surface area contributed by atoms with Gasteiger partial charge in [-0.3, -0.25) is 0 Å². The number of carbonyl (C=O) groups excluding carboxylic acids is 1. The minimum atomic E-state index is -4.48. The molecule has 1 unspecified atom stereocenters. The second-order valence-electron chi connectivity index (χ2n) is 6.15. The fraction of sp³-hybridized carbons (Fsp3) is 0.389. The summed E-state index contributed by atoms with van der Waals surface area (Å²) in [6.07, 6.45) is -4.42. The van der Waals surface area contributed by atoms with Gasteiger partial charge in [0.2, 0.25) is 5.95 Å². The summed E-state index contributed by atoms with van der Waals surface area (Å²) in [6, 6.07) is 6.65. The Labute approximate surface area is 153 Å². The number of hydrogen-bond acceptors (Lipinski definition) is 6. The van der Waals surface area contributed by atoms with Gasteiger partial charge in [-0.1, -0.05) is 12.1 Å². The maximum absolute atomic E-state index is 13.1. The highest BCUT2D eigenvalue weighted by atomic mass is 19.4. The number of hydrogen-bond donors (Lipinski definition) is 0. The molecular formula is C18H18F3N3O3. The monoisotopic (exact) mass is 381 g/mol. The maximum Gasteiger partial charge on any atom is 0.419 e. The molecule has 1 fully saturated rings. The van der Waals surface area contributed by atoms with Gasteiger partial charge in [0.25, 0.3) is 0 Å². The smallest absolute Gasteiger partial charge is 0.419 e. The zero-order valence-electron chi connectivity index (χ0n) is 14.8. The van der Waals surface area contributed by atoms with Crippen LogP contribution in [0.5, 0.6) is 5.75 Å². The van der Waals surface area contributed by atoms with Gasteiger partial charge in [-0.15, -0.1) is 0 Å². The van der Waals surface area contributed by atoms with Gasteiger partial charge >= 0.3 is 12.1 Å². The molecule has 144 valence electrons. The van der Waals surface area contributed by atoms with Crippen molar-refractivity contribution in [3.05, 3.63) is 47.3 Å². The Morgan fingerprint density at radius 1 is 1.26 bits per heavy atom.